The number of rotatable bonds is 7. The molecule has 1 heterocycles. The Morgan fingerprint density at radius 2 is 0.800 bits per heavy atom. The van der Waals surface area contributed by atoms with Gasteiger partial charge in [0.2, 0.25) is 0 Å². The molecule has 0 bridgehead atoms. The summed E-state index contributed by atoms with van der Waals surface area (Å²) in [7, 11) is -2.67. The summed E-state index contributed by atoms with van der Waals surface area (Å²) in [6.07, 6.45) is 0. The molecule has 0 saturated carbocycles. The van der Waals surface area contributed by atoms with E-state index in [0.29, 0.717) is 0 Å². The Labute approximate surface area is 264 Å². The average Bonchev–Trinajstić information content (AvgIpc) is 3.44. The van der Waals surface area contributed by atoms with Crippen molar-refractivity contribution in [3.63, 3.8) is 0 Å². The molecular weight excluding hydrogens is 561 g/mol. The molecular formula is C42H32N2Si. The van der Waals surface area contributed by atoms with Gasteiger partial charge in [0, 0.05) is 27.8 Å². The Morgan fingerprint density at radius 1 is 0.356 bits per heavy atom. The fraction of sp³-hybridized carbons (Fsp3) is 0. The molecule has 0 spiro atoms. The highest BCUT2D eigenvalue weighted by Crippen LogP contribution is 2.34. The molecule has 0 atom stereocenters. The lowest BCUT2D eigenvalue weighted by molar-refractivity contribution is 1.18. The molecule has 0 aliphatic heterocycles. The molecule has 214 valence electrons. The fourth-order valence-electron chi connectivity index (χ4n) is 6.94. The van der Waals surface area contributed by atoms with Crippen LogP contribution in [-0.4, -0.2) is 12.6 Å². The van der Waals surface area contributed by atoms with E-state index in [-0.39, 0.29) is 0 Å². The Hall–Kier alpha value is -5.64. The summed E-state index contributed by atoms with van der Waals surface area (Å²) >= 11 is 0. The smallest absolute Gasteiger partial charge is 0.179 e. The number of hydrogen-bond donors (Lipinski definition) is 1. The van der Waals surface area contributed by atoms with Gasteiger partial charge in [-0.25, -0.2) is 0 Å². The number of anilines is 2. The van der Waals surface area contributed by atoms with E-state index < -0.39 is 8.07 Å². The highest BCUT2D eigenvalue weighted by Gasteiger charge is 2.41. The van der Waals surface area contributed by atoms with Crippen LogP contribution >= 0.6 is 0 Å². The molecule has 3 heteroatoms. The van der Waals surface area contributed by atoms with E-state index in [2.05, 4.69) is 192 Å². The number of aromatic nitrogens is 1. The second kappa shape index (κ2) is 11.5. The van der Waals surface area contributed by atoms with Crippen LogP contribution in [0.2, 0.25) is 0 Å². The third-order valence-electron chi connectivity index (χ3n) is 8.90. The van der Waals surface area contributed by atoms with Crippen LogP contribution in [0.3, 0.4) is 0 Å². The van der Waals surface area contributed by atoms with Crippen LogP contribution in [0, 0.1) is 0 Å². The predicted molar refractivity (Wildman–Crippen MR) is 194 cm³/mol. The van der Waals surface area contributed by atoms with E-state index in [9.17, 15) is 0 Å². The molecule has 0 unspecified atom stereocenters. The zero-order chi connectivity index (χ0) is 30.1. The van der Waals surface area contributed by atoms with Crippen molar-refractivity contribution in [2.24, 2.45) is 0 Å². The van der Waals surface area contributed by atoms with Gasteiger partial charge in [0.1, 0.15) is 0 Å². The first kappa shape index (κ1) is 26.9. The normalized spacial score (nSPS) is 11.6. The number of nitrogens with one attached hydrogen (secondary N) is 1. The van der Waals surface area contributed by atoms with Gasteiger partial charge in [-0.3, -0.25) is 0 Å². The summed E-state index contributed by atoms with van der Waals surface area (Å²) in [6.45, 7) is 0. The van der Waals surface area contributed by atoms with Crippen molar-refractivity contribution in [2.75, 3.05) is 5.32 Å². The van der Waals surface area contributed by atoms with E-state index in [0.717, 1.165) is 17.1 Å². The van der Waals surface area contributed by atoms with Gasteiger partial charge in [0.15, 0.2) is 8.07 Å². The second-order valence-electron chi connectivity index (χ2n) is 11.5. The topological polar surface area (TPSA) is 17.0 Å². The highest BCUT2D eigenvalue weighted by atomic mass is 28.3. The maximum Gasteiger partial charge on any atom is 0.179 e. The van der Waals surface area contributed by atoms with E-state index in [1.165, 1.54) is 42.6 Å². The minimum Gasteiger partial charge on any atom is -0.356 e. The lowest BCUT2D eigenvalue weighted by Gasteiger charge is -2.34. The zero-order valence-electron chi connectivity index (χ0n) is 24.8. The number of benzene rings is 7. The van der Waals surface area contributed by atoms with Crippen molar-refractivity contribution in [3.8, 4) is 5.69 Å². The highest BCUT2D eigenvalue weighted by molar-refractivity contribution is 7.20. The van der Waals surface area contributed by atoms with E-state index in [1.807, 2.05) is 6.07 Å². The van der Waals surface area contributed by atoms with Gasteiger partial charge in [0.25, 0.3) is 0 Å². The Bertz CT molecular complexity index is 2110. The van der Waals surface area contributed by atoms with Crippen LogP contribution in [0.25, 0.3) is 27.5 Å². The molecule has 1 N–H and O–H groups in total. The molecule has 1 aromatic heterocycles. The minimum absolute atomic E-state index is 1.07. The van der Waals surface area contributed by atoms with Crippen molar-refractivity contribution in [2.45, 2.75) is 0 Å². The van der Waals surface area contributed by atoms with Crippen LogP contribution in [0.4, 0.5) is 11.4 Å². The molecule has 0 saturated heterocycles. The summed E-state index contributed by atoms with van der Waals surface area (Å²) in [5.41, 5.74) is 5.70. The number of fused-ring (bicyclic) bond motifs is 3. The quantitative estimate of drug-likeness (QED) is 0.147. The second-order valence-corrected chi connectivity index (χ2v) is 15.3. The van der Waals surface area contributed by atoms with E-state index >= 15 is 0 Å². The van der Waals surface area contributed by atoms with E-state index in [1.54, 1.807) is 0 Å². The van der Waals surface area contributed by atoms with Crippen molar-refractivity contribution in [1.82, 2.24) is 4.57 Å². The minimum atomic E-state index is -2.67. The molecule has 8 aromatic rings. The maximum absolute atomic E-state index is 3.63. The van der Waals surface area contributed by atoms with Gasteiger partial charge < -0.3 is 9.88 Å². The SMILES string of the molecule is c1ccc(Nc2ccc3c(c2)c2cc([Si](c4ccccc4)(c4ccccc4)c4ccccc4)ccc2n3-c2ccccc2)cc1. The summed E-state index contributed by atoms with van der Waals surface area (Å²) in [6, 6.07) is 68.5. The van der Waals surface area contributed by atoms with E-state index in [4.69, 9.17) is 0 Å². The average molecular weight is 593 g/mol. The molecule has 0 amide bonds. The summed E-state index contributed by atoms with van der Waals surface area (Å²) in [5, 5.41) is 11.6. The van der Waals surface area contributed by atoms with Crippen LogP contribution in [0.5, 0.6) is 0 Å². The molecule has 0 aliphatic rings. The number of para-hydroxylation sites is 2. The van der Waals surface area contributed by atoms with Crippen LogP contribution in [-0.2, 0) is 0 Å². The number of nitrogens with zero attached hydrogens (tertiary/aromatic N) is 1. The van der Waals surface area contributed by atoms with Crippen LogP contribution in [0.15, 0.2) is 188 Å². The largest absolute Gasteiger partial charge is 0.356 e. The summed E-state index contributed by atoms with van der Waals surface area (Å²) in [4.78, 5) is 0. The third kappa shape index (κ3) is 4.66. The molecule has 8 rings (SSSR count). The monoisotopic (exact) mass is 592 g/mol. The van der Waals surface area contributed by atoms with Crippen LogP contribution < -0.4 is 26.1 Å². The van der Waals surface area contributed by atoms with Gasteiger partial charge in [-0.15, -0.1) is 0 Å². The van der Waals surface area contributed by atoms with Gasteiger partial charge in [0.05, 0.1) is 11.0 Å². The van der Waals surface area contributed by atoms with Gasteiger partial charge >= 0.3 is 0 Å². The molecule has 2 nitrogen and oxygen atoms in total. The lowest BCUT2D eigenvalue weighted by atomic mass is 10.1. The molecule has 0 aliphatic carbocycles. The molecule has 45 heavy (non-hydrogen) atoms. The maximum atomic E-state index is 3.63. The molecule has 0 fully saturated rings. The Kier molecular flexibility index (Phi) is 6.86. The van der Waals surface area contributed by atoms with Gasteiger partial charge in [-0.05, 0) is 69.3 Å². The molecule has 7 aromatic carbocycles. The Balaban J connectivity index is 1.45. The Morgan fingerprint density at radius 3 is 1.33 bits per heavy atom. The van der Waals surface area contributed by atoms with Gasteiger partial charge in [-0.1, -0.05) is 140 Å². The van der Waals surface area contributed by atoms with Gasteiger partial charge in [-0.2, -0.15) is 0 Å². The third-order valence-corrected chi connectivity index (χ3v) is 13.7. The predicted octanol–water partition coefficient (Wildman–Crippen LogP) is 7.90. The van der Waals surface area contributed by atoms with Crippen molar-refractivity contribution in [3.05, 3.63) is 188 Å². The molecule has 0 radical (unpaired) electrons. The summed E-state index contributed by atoms with van der Waals surface area (Å²) < 4.78 is 2.40. The van der Waals surface area contributed by atoms with Crippen molar-refractivity contribution >= 4 is 62.0 Å². The van der Waals surface area contributed by atoms with Crippen LogP contribution in [0.1, 0.15) is 0 Å². The summed E-state index contributed by atoms with van der Waals surface area (Å²) in [5.74, 6) is 0. The standard InChI is InChI=1S/C42H32N2Si/c1-6-16-32(17-7-1)43-33-26-28-41-39(30-33)40-31-38(27-29-42(40)44(41)34-18-8-2-9-19-34)45(35-20-10-3-11-21-35,36-22-12-4-13-23-36)37-24-14-5-15-25-37/h1-31,43H. The first-order valence-electron chi connectivity index (χ1n) is 15.5. The first-order valence-corrected chi connectivity index (χ1v) is 17.5. The van der Waals surface area contributed by atoms with Crippen molar-refractivity contribution in [1.29, 1.82) is 0 Å². The fourth-order valence-corrected chi connectivity index (χ4v) is 11.7. The zero-order valence-corrected chi connectivity index (χ0v) is 25.8. The number of hydrogen-bond acceptors (Lipinski definition) is 1. The lowest BCUT2D eigenvalue weighted by Crippen LogP contribution is -2.74. The van der Waals surface area contributed by atoms with Crippen molar-refractivity contribution < 1.29 is 0 Å². The first-order chi connectivity index (χ1) is 22.3.